The van der Waals surface area contributed by atoms with Gasteiger partial charge in [0.25, 0.3) is 0 Å². The lowest BCUT2D eigenvalue weighted by Gasteiger charge is -2.37. The highest BCUT2D eigenvalue weighted by molar-refractivity contribution is 5.76. The van der Waals surface area contributed by atoms with E-state index in [0.717, 1.165) is 81.2 Å². The summed E-state index contributed by atoms with van der Waals surface area (Å²) in [6.45, 7) is 5.20. The first-order chi connectivity index (χ1) is 18.7. The van der Waals surface area contributed by atoms with Crippen molar-refractivity contribution in [3.63, 3.8) is 0 Å². The van der Waals surface area contributed by atoms with E-state index in [0.29, 0.717) is 24.8 Å². The molecule has 0 saturated carbocycles. The molecule has 3 aromatic rings. The van der Waals surface area contributed by atoms with Crippen LogP contribution in [0.2, 0.25) is 0 Å². The van der Waals surface area contributed by atoms with Crippen molar-refractivity contribution in [3.8, 4) is 11.4 Å². The Morgan fingerprint density at radius 1 is 0.949 bits per heavy atom. The Hall–Kier alpha value is -3.67. The first-order valence-electron chi connectivity index (χ1n) is 13.3. The Labute approximate surface area is 225 Å². The van der Waals surface area contributed by atoms with Gasteiger partial charge in [0.1, 0.15) is 0 Å². The van der Waals surface area contributed by atoms with Gasteiger partial charge in [-0.05, 0) is 66.6 Å². The second kappa shape index (κ2) is 11.6. The Kier molecular flexibility index (Phi) is 8.01. The Morgan fingerprint density at radius 3 is 2.21 bits per heavy atom. The molecule has 9 nitrogen and oxygen atoms in total. The number of aromatic nitrogens is 4. The summed E-state index contributed by atoms with van der Waals surface area (Å²) in [6.07, 6.45) is -2.05. The number of nitrogens with zero attached hydrogens (tertiary/aromatic N) is 7. The van der Waals surface area contributed by atoms with Gasteiger partial charge < -0.3 is 15.1 Å². The van der Waals surface area contributed by atoms with Crippen LogP contribution in [0.5, 0.6) is 0 Å². The summed E-state index contributed by atoms with van der Waals surface area (Å²) in [5.74, 6) is 0.774. The highest BCUT2D eigenvalue weighted by Crippen LogP contribution is 2.30. The van der Waals surface area contributed by atoms with Gasteiger partial charge in [-0.25, -0.2) is 0 Å². The Balaban J connectivity index is 1.00. The van der Waals surface area contributed by atoms with Crippen molar-refractivity contribution in [2.45, 2.75) is 31.5 Å². The maximum Gasteiger partial charge on any atom is 0.416 e. The fourth-order valence-corrected chi connectivity index (χ4v) is 5.13. The number of alkyl halides is 3. The molecule has 3 heterocycles. The number of carbonyl (C=O) groups is 1. The van der Waals surface area contributed by atoms with Gasteiger partial charge in [-0.15, -0.1) is 10.2 Å². The van der Waals surface area contributed by atoms with Crippen molar-refractivity contribution in [1.82, 2.24) is 30.0 Å². The third-order valence-corrected chi connectivity index (χ3v) is 7.44. The molecular weight excluding hydrogens is 509 g/mol. The van der Waals surface area contributed by atoms with Gasteiger partial charge in [0.15, 0.2) is 0 Å². The number of halogens is 3. The molecule has 39 heavy (non-hydrogen) atoms. The summed E-state index contributed by atoms with van der Waals surface area (Å²) in [5.41, 5.74) is 2.11. The van der Waals surface area contributed by atoms with Gasteiger partial charge in [-0.3, -0.25) is 9.69 Å². The van der Waals surface area contributed by atoms with E-state index in [4.69, 9.17) is 0 Å². The summed E-state index contributed by atoms with van der Waals surface area (Å²) in [6, 6.07) is 13.6. The summed E-state index contributed by atoms with van der Waals surface area (Å²) in [7, 11) is 1.74. The predicted molar refractivity (Wildman–Crippen MR) is 142 cm³/mol. The molecule has 12 heteroatoms. The number of aryl methyl sites for hydroxylation is 1. The van der Waals surface area contributed by atoms with Crippen molar-refractivity contribution in [2.24, 2.45) is 7.05 Å². The zero-order valence-corrected chi connectivity index (χ0v) is 21.9. The molecule has 2 aliphatic rings. The van der Waals surface area contributed by atoms with E-state index in [1.54, 1.807) is 7.05 Å². The smallest absolute Gasteiger partial charge is 0.382 e. The molecule has 208 valence electrons. The number of piperazine rings is 1. The molecule has 0 unspecified atom stereocenters. The second-order valence-electron chi connectivity index (χ2n) is 10.1. The third-order valence-electron chi connectivity index (χ3n) is 7.44. The molecule has 1 N–H and O–H groups in total. The second-order valence-corrected chi connectivity index (χ2v) is 10.1. The third kappa shape index (κ3) is 6.86. The molecule has 0 spiro atoms. The van der Waals surface area contributed by atoms with Crippen LogP contribution in [0.3, 0.4) is 0 Å². The van der Waals surface area contributed by atoms with E-state index in [1.165, 1.54) is 16.9 Å². The number of likely N-dealkylation sites (tertiary alicyclic amines) is 1. The first-order valence-corrected chi connectivity index (χ1v) is 13.3. The molecule has 2 saturated heterocycles. The van der Waals surface area contributed by atoms with E-state index in [1.807, 2.05) is 29.2 Å². The molecule has 5 rings (SSSR count). The lowest BCUT2D eigenvalue weighted by Crippen LogP contribution is -2.48. The molecule has 0 bridgehead atoms. The highest BCUT2D eigenvalue weighted by Gasteiger charge is 2.30. The van der Waals surface area contributed by atoms with Crippen molar-refractivity contribution in [1.29, 1.82) is 0 Å². The van der Waals surface area contributed by atoms with Crippen LogP contribution in [-0.2, 0) is 18.0 Å². The predicted octanol–water partition coefficient (Wildman–Crippen LogP) is 3.51. The molecule has 1 amide bonds. The number of piperidine rings is 1. The van der Waals surface area contributed by atoms with Crippen molar-refractivity contribution in [2.75, 3.05) is 56.0 Å². The van der Waals surface area contributed by atoms with Crippen molar-refractivity contribution >= 4 is 17.3 Å². The minimum Gasteiger partial charge on any atom is -0.382 e. The molecule has 2 fully saturated rings. The van der Waals surface area contributed by atoms with Gasteiger partial charge in [-0.1, -0.05) is 0 Å². The van der Waals surface area contributed by atoms with Gasteiger partial charge >= 0.3 is 6.18 Å². The zero-order chi connectivity index (χ0) is 27.4. The number of rotatable bonds is 7. The minimum absolute atomic E-state index is 0.180. The van der Waals surface area contributed by atoms with Crippen LogP contribution in [0, 0.1) is 0 Å². The molecule has 0 radical (unpaired) electrons. The molecule has 2 aliphatic heterocycles. The number of carbonyl (C=O) groups excluding carboxylic acids is 1. The largest absolute Gasteiger partial charge is 0.416 e. The van der Waals surface area contributed by atoms with Gasteiger partial charge in [0.05, 0.1) is 12.6 Å². The number of nitrogens with one attached hydrogen (secondary N) is 1. The van der Waals surface area contributed by atoms with Crippen LogP contribution in [-0.4, -0.2) is 87.8 Å². The lowest BCUT2D eigenvalue weighted by molar-refractivity contribution is -0.137. The number of tetrazole rings is 1. The average Bonchev–Trinajstić information content (AvgIpc) is 3.38. The minimum atomic E-state index is -4.32. The van der Waals surface area contributed by atoms with E-state index in [2.05, 4.69) is 30.5 Å². The van der Waals surface area contributed by atoms with Crippen LogP contribution in [0.15, 0.2) is 48.5 Å². The summed E-state index contributed by atoms with van der Waals surface area (Å²) in [5, 5.41) is 15.7. The van der Waals surface area contributed by atoms with E-state index in [9.17, 15) is 18.0 Å². The molecular formula is C27H33F3N8O. The van der Waals surface area contributed by atoms with Crippen molar-refractivity contribution < 1.29 is 18.0 Å². The van der Waals surface area contributed by atoms with Gasteiger partial charge in [0, 0.05) is 75.2 Å². The zero-order valence-electron chi connectivity index (χ0n) is 21.9. The van der Waals surface area contributed by atoms with E-state index < -0.39 is 11.7 Å². The van der Waals surface area contributed by atoms with Crippen LogP contribution >= 0.6 is 0 Å². The average molecular weight is 543 g/mol. The van der Waals surface area contributed by atoms with Crippen LogP contribution in [0.1, 0.15) is 24.8 Å². The number of anilines is 2. The standard InChI is InChI=1S/C27H33F3N8O/c1-35-33-26(32-34-35)20-2-6-22(7-3-20)31-23-10-14-38(15-11-23)25(39)12-13-36-16-18-37(19-17-36)24-8-4-21(5-9-24)27(28,29)30/h2-9,23,31H,10-19H2,1H3. The maximum atomic E-state index is 12.8. The molecule has 1 aromatic heterocycles. The number of benzene rings is 2. The lowest BCUT2D eigenvalue weighted by atomic mass is 10.0. The summed E-state index contributed by atoms with van der Waals surface area (Å²) >= 11 is 0. The maximum absolute atomic E-state index is 12.8. The Bertz CT molecular complexity index is 1230. The monoisotopic (exact) mass is 542 g/mol. The fraction of sp³-hybridized carbons (Fsp3) is 0.481. The van der Waals surface area contributed by atoms with Crippen molar-refractivity contribution in [3.05, 3.63) is 54.1 Å². The SMILES string of the molecule is Cn1nnc(-c2ccc(NC3CCN(C(=O)CCN4CCN(c5ccc(C(F)(F)F)cc5)CC4)CC3)cc2)n1. The Morgan fingerprint density at radius 2 is 1.62 bits per heavy atom. The fourth-order valence-electron chi connectivity index (χ4n) is 5.13. The first kappa shape index (κ1) is 26.9. The topological polar surface area (TPSA) is 82.4 Å². The molecule has 2 aromatic carbocycles. The highest BCUT2D eigenvalue weighted by atomic mass is 19.4. The quantitative estimate of drug-likeness (QED) is 0.489. The van der Waals surface area contributed by atoms with E-state index in [-0.39, 0.29) is 5.91 Å². The summed E-state index contributed by atoms with van der Waals surface area (Å²) < 4.78 is 38.4. The van der Waals surface area contributed by atoms with Gasteiger partial charge in [-0.2, -0.15) is 18.0 Å². The van der Waals surface area contributed by atoms with Crippen LogP contribution in [0.25, 0.3) is 11.4 Å². The number of amides is 1. The van der Waals surface area contributed by atoms with Crippen LogP contribution < -0.4 is 10.2 Å². The van der Waals surface area contributed by atoms with Gasteiger partial charge in [0.2, 0.25) is 11.7 Å². The summed E-state index contributed by atoms with van der Waals surface area (Å²) in [4.78, 5) is 20.6. The number of hydrogen-bond donors (Lipinski definition) is 1. The molecule has 0 atom stereocenters. The van der Waals surface area contributed by atoms with Crippen LogP contribution in [0.4, 0.5) is 24.5 Å². The molecule has 0 aliphatic carbocycles. The normalized spacial score (nSPS) is 17.4. The number of hydrogen-bond acceptors (Lipinski definition) is 7. The van der Waals surface area contributed by atoms with E-state index >= 15 is 0 Å².